The van der Waals surface area contributed by atoms with Gasteiger partial charge >= 0.3 is 0 Å². The number of carbonyl (C=O) groups is 1. The largest absolute Gasteiger partial charge is 0.375 e. The summed E-state index contributed by atoms with van der Waals surface area (Å²) in [6.45, 7) is 0. The van der Waals surface area contributed by atoms with Gasteiger partial charge in [0.25, 0.3) is 0 Å². The maximum absolute atomic E-state index is 12.5. The van der Waals surface area contributed by atoms with Gasteiger partial charge in [-0.2, -0.15) is 0 Å². The Morgan fingerprint density at radius 2 is 2.00 bits per heavy atom. The van der Waals surface area contributed by atoms with Crippen molar-refractivity contribution in [3.05, 3.63) is 30.1 Å². The number of hydrogen-bond donors (Lipinski definition) is 1. The predicted octanol–water partition coefficient (Wildman–Crippen LogP) is 1.97. The molecule has 68 valence electrons. The van der Waals surface area contributed by atoms with Crippen molar-refractivity contribution in [3.8, 4) is 0 Å². The lowest BCUT2D eigenvalue weighted by Crippen LogP contribution is -2.38. The second-order valence-corrected chi connectivity index (χ2v) is 3.21. The molecule has 1 aromatic rings. The first-order chi connectivity index (χ1) is 6.25. The number of carbonyl (C=O) groups excluding carboxylic acids is 1. The van der Waals surface area contributed by atoms with Gasteiger partial charge in [-0.05, 0) is 30.7 Å². The molecule has 0 spiro atoms. The molecule has 0 heterocycles. The highest BCUT2D eigenvalue weighted by Gasteiger charge is 2.27. The summed E-state index contributed by atoms with van der Waals surface area (Å²) < 4.78 is 12.5. The summed E-state index contributed by atoms with van der Waals surface area (Å²) in [5, 5.41) is 3.04. The molecule has 1 unspecified atom stereocenters. The number of Topliss-reactive ketones (excluding diaryl/α,β-unsaturated/α-hetero) is 1. The number of benzene rings is 1. The van der Waals surface area contributed by atoms with E-state index in [1.165, 1.54) is 12.1 Å². The van der Waals surface area contributed by atoms with E-state index in [9.17, 15) is 9.18 Å². The van der Waals surface area contributed by atoms with Crippen LogP contribution in [0, 0.1) is 5.82 Å². The van der Waals surface area contributed by atoms with Gasteiger partial charge in [-0.1, -0.05) is 0 Å². The Labute approximate surface area is 75.8 Å². The van der Waals surface area contributed by atoms with Crippen LogP contribution in [0.2, 0.25) is 0 Å². The van der Waals surface area contributed by atoms with Crippen LogP contribution in [-0.4, -0.2) is 11.8 Å². The molecule has 0 aliphatic heterocycles. The smallest absolute Gasteiger partial charge is 0.155 e. The van der Waals surface area contributed by atoms with E-state index in [1.807, 2.05) is 0 Å². The van der Waals surface area contributed by atoms with Crippen LogP contribution in [-0.2, 0) is 4.79 Å². The molecular formula is C10H10FNO. The van der Waals surface area contributed by atoms with Gasteiger partial charge < -0.3 is 5.32 Å². The molecule has 0 amide bonds. The van der Waals surface area contributed by atoms with Gasteiger partial charge in [0.15, 0.2) is 5.78 Å². The van der Waals surface area contributed by atoms with Gasteiger partial charge in [-0.3, -0.25) is 4.79 Å². The van der Waals surface area contributed by atoms with Crippen LogP contribution in [0.25, 0.3) is 0 Å². The summed E-state index contributed by atoms with van der Waals surface area (Å²) in [5.41, 5.74) is 0.805. The number of halogens is 1. The highest BCUT2D eigenvalue weighted by Crippen LogP contribution is 2.19. The molecular weight excluding hydrogens is 169 g/mol. The van der Waals surface area contributed by atoms with Crippen molar-refractivity contribution in [2.45, 2.75) is 18.9 Å². The minimum atomic E-state index is -0.259. The number of rotatable bonds is 2. The fourth-order valence-electron chi connectivity index (χ4n) is 1.31. The maximum Gasteiger partial charge on any atom is 0.155 e. The van der Waals surface area contributed by atoms with Crippen LogP contribution < -0.4 is 5.32 Å². The zero-order valence-corrected chi connectivity index (χ0v) is 7.09. The molecule has 1 atom stereocenters. The van der Waals surface area contributed by atoms with E-state index in [-0.39, 0.29) is 17.6 Å². The Kier molecular flexibility index (Phi) is 2.00. The van der Waals surface area contributed by atoms with E-state index in [0.29, 0.717) is 6.42 Å². The summed E-state index contributed by atoms with van der Waals surface area (Å²) in [6.07, 6.45) is 1.55. The number of ketones is 1. The van der Waals surface area contributed by atoms with Crippen LogP contribution in [0.15, 0.2) is 24.3 Å². The molecule has 0 saturated heterocycles. The third-order valence-corrected chi connectivity index (χ3v) is 2.25. The first-order valence-corrected chi connectivity index (χ1v) is 4.30. The van der Waals surface area contributed by atoms with Crippen molar-refractivity contribution in [1.82, 2.24) is 0 Å². The van der Waals surface area contributed by atoms with Crippen molar-refractivity contribution in [3.63, 3.8) is 0 Å². The average molecular weight is 179 g/mol. The molecule has 2 rings (SSSR count). The van der Waals surface area contributed by atoms with Gasteiger partial charge in [0.1, 0.15) is 5.82 Å². The summed E-state index contributed by atoms with van der Waals surface area (Å²) in [5.74, 6) is -0.0187. The zero-order chi connectivity index (χ0) is 9.26. The van der Waals surface area contributed by atoms with Crippen molar-refractivity contribution >= 4 is 11.5 Å². The van der Waals surface area contributed by atoms with Gasteiger partial charge in [0.2, 0.25) is 0 Å². The maximum atomic E-state index is 12.5. The summed E-state index contributed by atoms with van der Waals surface area (Å²) in [6, 6.07) is 5.99. The zero-order valence-electron chi connectivity index (χ0n) is 7.09. The van der Waals surface area contributed by atoms with Crippen molar-refractivity contribution in [2.75, 3.05) is 5.32 Å². The number of anilines is 1. The minimum Gasteiger partial charge on any atom is -0.375 e. The first-order valence-electron chi connectivity index (χ1n) is 4.30. The lowest BCUT2D eigenvalue weighted by Gasteiger charge is -2.25. The molecule has 1 aliphatic rings. The highest BCUT2D eigenvalue weighted by atomic mass is 19.1. The lowest BCUT2D eigenvalue weighted by molar-refractivity contribution is -0.124. The normalized spacial score (nSPS) is 21.0. The Hall–Kier alpha value is -1.38. The van der Waals surface area contributed by atoms with E-state index >= 15 is 0 Å². The van der Waals surface area contributed by atoms with Crippen LogP contribution in [0.4, 0.5) is 10.1 Å². The van der Waals surface area contributed by atoms with Gasteiger partial charge in [0.05, 0.1) is 6.04 Å². The molecule has 0 aromatic heterocycles. The van der Waals surface area contributed by atoms with Crippen molar-refractivity contribution in [2.24, 2.45) is 0 Å². The van der Waals surface area contributed by atoms with E-state index in [4.69, 9.17) is 0 Å². The van der Waals surface area contributed by atoms with Gasteiger partial charge in [-0.15, -0.1) is 0 Å². The number of nitrogens with one attached hydrogen (secondary N) is 1. The third kappa shape index (κ3) is 1.69. The lowest BCUT2D eigenvalue weighted by atomic mass is 9.91. The minimum absolute atomic E-state index is 0.0505. The Morgan fingerprint density at radius 3 is 2.46 bits per heavy atom. The van der Waals surface area contributed by atoms with Crippen LogP contribution >= 0.6 is 0 Å². The quantitative estimate of drug-likeness (QED) is 0.752. The standard InChI is InChI=1S/C10H10FNO/c11-7-1-3-8(4-2-7)12-9-5-6-10(9)13/h1-4,9,12H,5-6H2. The second-order valence-electron chi connectivity index (χ2n) is 3.21. The molecule has 1 aliphatic carbocycles. The van der Waals surface area contributed by atoms with Crippen LogP contribution in [0.1, 0.15) is 12.8 Å². The number of hydrogen-bond acceptors (Lipinski definition) is 2. The molecule has 0 bridgehead atoms. The fraction of sp³-hybridized carbons (Fsp3) is 0.300. The second kappa shape index (κ2) is 3.17. The SMILES string of the molecule is O=C1CCC1Nc1ccc(F)cc1. The van der Waals surface area contributed by atoms with E-state index in [1.54, 1.807) is 12.1 Å². The molecule has 1 aromatic carbocycles. The van der Waals surface area contributed by atoms with E-state index < -0.39 is 0 Å². The highest BCUT2D eigenvalue weighted by molar-refractivity contribution is 5.92. The summed E-state index contributed by atoms with van der Waals surface area (Å²) >= 11 is 0. The van der Waals surface area contributed by atoms with Gasteiger partial charge in [-0.25, -0.2) is 4.39 Å². The summed E-state index contributed by atoms with van der Waals surface area (Å²) in [7, 11) is 0. The van der Waals surface area contributed by atoms with Crippen molar-refractivity contribution in [1.29, 1.82) is 0 Å². The average Bonchev–Trinajstić information content (AvgIpc) is 2.15. The molecule has 3 heteroatoms. The predicted molar refractivity (Wildman–Crippen MR) is 48.1 cm³/mol. The monoisotopic (exact) mass is 179 g/mol. The fourth-order valence-corrected chi connectivity index (χ4v) is 1.31. The van der Waals surface area contributed by atoms with Gasteiger partial charge in [0, 0.05) is 12.1 Å². The summed E-state index contributed by atoms with van der Waals surface area (Å²) in [4.78, 5) is 11.0. The molecule has 2 nitrogen and oxygen atoms in total. The molecule has 1 N–H and O–H groups in total. The van der Waals surface area contributed by atoms with E-state index in [0.717, 1.165) is 12.1 Å². The van der Waals surface area contributed by atoms with Crippen molar-refractivity contribution < 1.29 is 9.18 Å². The third-order valence-electron chi connectivity index (χ3n) is 2.25. The molecule has 1 fully saturated rings. The topological polar surface area (TPSA) is 29.1 Å². The molecule has 1 saturated carbocycles. The molecule has 13 heavy (non-hydrogen) atoms. The van der Waals surface area contributed by atoms with E-state index in [2.05, 4.69) is 5.32 Å². The Balaban J connectivity index is 2.01. The Morgan fingerprint density at radius 1 is 1.31 bits per heavy atom. The first kappa shape index (κ1) is 8.23. The van der Waals surface area contributed by atoms with Crippen LogP contribution in [0.3, 0.4) is 0 Å². The Bertz CT molecular complexity index is 320. The molecule has 0 radical (unpaired) electrons. The van der Waals surface area contributed by atoms with Crippen LogP contribution in [0.5, 0.6) is 0 Å².